The highest BCUT2D eigenvalue weighted by Gasteiger charge is 2.46. The number of unbranched alkanes of at least 4 members (excludes halogenated alkanes) is 1. The van der Waals surface area contributed by atoms with Crippen LogP contribution in [0.25, 0.3) is 0 Å². The van der Waals surface area contributed by atoms with Crippen molar-refractivity contribution in [1.29, 1.82) is 0 Å². The quantitative estimate of drug-likeness (QED) is 0.692. The van der Waals surface area contributed by atoms with Gasteiger partial charge in [-0.1, -0.05) is 50.1 Å². The molecular weight excluding hydrogens is 330 g/mol. The van der Waals surface area contributed by atoms with Crippen LogP contribution in [0.3, 0.4) is 0 Å². The minimum atomic E-state index is -1.07. The third-order valence-corrected chi connectivity index (χ3v) is 7.55. The number of aliphatic hydroxyl groups excluding tert-OH is 1. The molecule has 4 nitrogen and oxygen atoms in total. The van der Waals surface area contributed by atoms with Crippen molar-refractivity contribution in [3.63, 3.8) is 0 Å². The number of thioether (sulfide) groups is 2. The largest absolute Gasteiger partial charge is 0.465 e. The Morgan fingerprint density at radius 1 is 1.30 bits per heavy atom. The summed E-state index contributed by atoms with van der Waals surface area (Å²) in [6.07, 6.45) is 1.80. The fraction of sp³-hybridized carbons (Fsp3) is 0.588. The highest BCUT2D eigenvalue weighted by Crippen LogP contribution is 2.53. The lowest BCUT2D eigenvalue weighted by atomic mass is 9.96. The zero-order valence-corrected chi connectivity index (χ0v) is 15.0. The van der Waals surface area contributed by atoms with E-state index in [1.807, 2.05) is 30.3 Å². The summed E-state index contributed by atoms with van der Waals surface area (Å²) in [6.45, 7) is 2.07. The van der Waals surface area contributed by atoms with Crippen molar-refractivity contribution in [2.75, 3.05) is 11.5 Å². The number of nitrogens with one attached hydrogen (secondary N) is 1. The summed E-state index contributed by atoms with van der Waals surface area (Å²) in [6, 6.07) is 9.53. The molecule has 3 N–H and O–H groups in total. The molecule has 0 spiro atoms. The molecule has 1 aliphatic heterocycles. The fourth-order valence-electron chi connectivity index (χ4n) is 2.88. The van der Waals surface area contributed by atoms with E-state index in [0.717, 1.165) is 36.3 Å². The third-order valence-electron chi connectivity index (χ3n) is 4.05. The number of hydrogen-bond donors (Lipinski definition) is 3. The van der Waals surface area contributed by atoms with Gasteiger partial charge in [0.25, 0.3) is 0 Å². The van der Waals surface area contributed by atoms with Gasteiger partial charge in [-0.05, 0) is 29.9 Å². The zero-order valence-electron chi connectivity index (χ0n) is 13.4. The first-order valence-corrected chi connectivity index (χ1v) is 10.1. The Bertz CT molecular complexity index is 492. The lowest BCUT2D eigenvalue weighted by Crippen LogP contribution is -2.51. The second-order valence-electron chi connectivity index (χ2n) is 5.73. The van der Waals surface area contributed by atoms with Crippen LogP contribution in [0.1, 0.15) is 38.2 Å². The van der Waals surface area contributed by atoms with E-state index in [1.165, 1.54) is 0 Å². The van der Waals surface area contributed by atoms with Crippen LogP contribution in [-0.2, 0) is 4.08 Å². The third kappa shape index (κ3) is 4.58. The molecule has 1 fully saturated rings. The first-order valence-electron chi connectivity index (χ1n) is 8.11. The predicted molar refractivity (Wildman–Crippen MR) is 98.1 cm³/mol. The summed E-state index contributed by atoms with van der Waals surface area (Å²) in [5.41, 5.74) is 1.07. The zero-order chi connectivity index (χ0) is 16.7. The van der Waals surface area contributed by atoms with E-state index in [9.17, 15) is 9.90 Å². The second kappa shape index (κ2) is 8.85. The maximum Gasteiger partial charge on any atom is 0.404 e. The summed E-state index contributed by atoms with van der Waals surface area (Å²) in [5.74, 6) is 1.96. The molecule has 0 radical (unpaired) electrons. The number of amides is 1. The minimum absolute atomic E-state index is 0.453. The standard InChI is InChI=1S/C17H25NO3S2/c1-2-3-10-14(18-16(20)21)15(19)17(22-11-7-12-23-17)13-8-5-4-6-9-13/h4-6,8-9,14-15,18-19H,2-3,7,10-12H2,1H3,(H,20,21)/t14-,15?/m0/s1. The highest BCUT2D eigenvalue weighted by molar-refractivity contribution is 8.18. The molecule has 23 heavy (non-hydrogen) atoms. The number of hydrogen-bond acceptors (Lipinski definition) is 4. The average molecular weight is 356 g/mol. The Morgan fingerprint density at radius 2 is 1.96 bits per heavy atom. The summed E-state index contributed by atoms with van der Waals surface area (Å²) < 4.78 is -0.500. The van der Waals surface area contributed by atoms with E-state index in [1.54, 1.807) is 23.5 Å². The Morgan fingerprint density at radius 3 is 2.52 bits per heavy atom. The Hall–Kier alpha value is -0.850. The number of carboxylic acid groups (broad SMARTS) is 1. The molecule has 1 unspecified atom stereocenters. The van der Waals surface area contributed by atoms with Gasteiger partial charge < -0.3 is 15.5 Å². The number of benzene rings is 1. The van der Waals surface area contributed by atoms with Gasteiger partial charge in [-0.2, -0.15) is 0 Å². The summed E-state index contributed by atoms with van der Waals surface area (Å²) >= 11 is 3.48. The van der Waals surface area contributed by atoms with Crippen molar-refractivity contribution in [2.45, 2.75) is 48.8 Å². The smallest absolute Gasteiger partial charge is 0.404 e. The van der Waals surface area contributed by atoms with Gasteiger partial charge in [0.05, 0.1) is 6.04 Å². The van der Waals surface area contributed by atoms with Crippen LogP contribution in [0.2, 0.25) is 0 Å². The highest BCUT2D eigenvalue weighted by atomic mass is 32.2. The molecular formula is C17H25NO3S2. The van der Waals surface area contributed by atoms with Gasteiger partial charge in [0, 0.05) is 0 Å². The molecule has 6 heteroatoms. The molecule has 2 rings (SSSR count). The number of aliphatic hydroxyl groups is 1. The van der Waals surface area contributed by atoms with E-state index in [-0.39, 0.29) is 0 Å². The van der Waals surface area contributed by atoms with E-state index < -0.39 is 22.3 Å². The van der Waals surface area contributed by atoms with Crippen molar-refractivity contribution in [3.05, 3.63) is 35.9 Å². The topological polar surface area (TPSA) is 69.6 Å². The van der Waals surface area contributed by atoms with Gasteiger partial charge >= 0.3 is 6.09 Å². The molecule has 2 atom stereocenters. The Balaban J connectivity index is 2.30. The second-order valence-corrected chi connectivity index (χ2v) is 8.67. The molecule has 0 bridgehead atoms. The molecule has 1 heterocycles. The maximum absolute atomic E-state index is 11.2. The molecule has 0 aliphatic carbocycles. The lowest BCUT2D eigenvalue weighted by Gasteiger charge is -2.43. The summed E-state index contributed by atoms with van der Waals surface area (Å²) in [7, 11) is 0. The molecule has 128 valence electrons. The summed E-state index contributed by atoms with van der Waals surface area (Å²) in [5, 5.41) is 22.8. The first kappa shape index (κ1) is 18.5. The van der Waals surface area contributed by atoms with Gasteiger partial charge in [-0.15, -0.1) is 23.5 Å². The fourth-order valence-corrected chi connectivity index (χ4v) is 6.36. The Labute approximate surface area is 146 Å². The van der Waals surface area contributed by atoms with Crippen LogP contribution in [0.4, 0.5) is 4.79 Å². The molecule has 1 amide bonds. The SMILES string of the molecule is CCCC[C@H](NC(=O)O)C(O)C1(c2ccccc2)SCCCS1. The molecule has 0 saturated carbocycles. The molecule has 1 aliphatic rings. The minimum Gasteiger partial charge on any atom is -0.465 e. The summed E-state index contributed by atoms with van der Waals surface area (Å²) in [4.78, 5) is 11.2. The van der Waals surface area contributed by atoms with Gasteiger partial charge in [-0.3, -0.25) is 0 Å². The maximum atomic E-state index is 11.2. The monoisotopic (exact) mass is 355 g/mol. The van der Waals surface area contributed by atoms with Crippen molar-refractivity contribution < 1.29 is 15.0 Å². The van der Waals surface area contributed by atoms with Crippen LogP contribution in [0, 0.1) is 0 Å². The van der Waals surface area contributed by atoms with Crippen molar-refractivity contribution in [2.24, 2.45) is 0 Å². The van der Waals surface area contributed by atoms with Crippen LogP contribution < -0.4 is 5.32 Å². The lowest BCUT2D eigenvalue weighted by molar-refractivity contribution is 0.104. The number of carbonyl (C=O) groups is 1. The van der Waals surface area contributed by atoms with Crippen molar-refractivity contribution in [1.82, 2.24) is 5.32 Å². The van der Waals surface area contributed by atoms with Gasteiger partial charge in [0.15, 0.2) is 0 Å². The van der Waals surface area contributed by atoms with E-state index in [2.05, 4.69) is 12.2 Å². The normalized spacial score (nSPS) is 19.7. The molecule has 1 saturated heterocycles. The first-order chi connectivity index (χ1) is 11.1. The van der Waals surface area contributed by atoms with Gasteiger partial charge in [0.2, 0.25) is 0 Å². The molecule has 0 aromatic heterocycles. The van der Waals surface area contributed by atoms with Gasteiger partial charge in [0.1, 0.15) is 10.2 Å². The molecule has 1 aromatic rings. The van der Waals surface area contributed by atoms with Crippen molar-refractivity contribution >= 4 is 29.6 Å². The van der Waals surface area contributed by atoms with Gasteiger partial charge in [-0.25, -0.2) is 4.79 Å². The van der Waals surface area contributed by atoms with Crippen LogP contribution in [0.5, 0.6) is 0 Å². The van der Waals surface area contributed by atoms with Crippen LogP contribution >= 0.6 is 23.5 Å². The van der Waals surface area contributed by atoms with Crippen LogP contribution in [-0.4, -0.2) is 40.0 Å². The number of rotatable bonds is 7. The average Bonchev–Trinajstić information content (AvgIpc) is 2.59. The Kier molecular flexibility index (Phi) is 7.11. The van der Waals surface area contributed by atoms with E-state index in [4.69, 9.17) is 5.11 Å². The van der Waals surface area contributed by atoms with E-state index >= 15 is 0 Å². The predicted octanol–water partition coefficient (Wildman–Crippen LogP) is 3.90. The molecule has 1 aromatic carbocycles. The van der Waals surface area contributed by atoms with Crippen molar-refractivity contribution in [3.8, 4) is 0 Å². The van der Waals surface area contributed by atoms with E-state index in [0.29, 0.717) is 6.42 Å². The van der Waals surface area contributed by atoms with Crippen LogP contribution in [0.15, 0.2) is 30.3 Å².